The first-order valence-electron chi connectivity index (χ1n) is 3.73. The van der Waals surface area contributed by atoms with Crippen molar-refractivity contribution in [3.05, 3.63) is 0 Å². The Morgan fingerprint density at radius 3 is 2.78 bits per heavy atom. The van der Waals surface area contributed by atoms with Crippen LogP contribution < -0.4 is 10.6 Å². The molecule has 1 unspecified atom stereocenters. The van der Waals surface area contributed by atoms with Gasteiger partial charge in [-0.3, -0.25) is 0 Å². The third kappa shape index (κ3) is 0.700. The molecule has 1 aliphatic carbocycles. The lowest BCUT2D eigenvalue weighted by Crippen LogP contribution is -2.46. The molecule has 0 amide bonds. The van der Waals surface area contributed by atoms with Crippen molar-refractivity contribution >= 4 is 0 Å². The Morgan fingerprint density at radius 2 is 2.44 bits per heavy atom. The molecule has 2 rings (SSSR count). The second-order valence-electron chi connectivity index (χ2n) is 3.42. The fourth-order valence-corrected chi connectivity index (χ4v) is 1.85. The zero-order valence-electron chi connectivity index (χ0n) is 5.91. The Hall–Kier alpha value is -0.0800. The van der Waals surface area contributed by atoms with Crippen LogP contribution in [0, 0.1) is 11.3 Å². The highest BCUT2D eigenvalue weighted by atomic mass is 15.0. The van der Waals surface area contributed by atoms with Gasteiger partial charge in [0.15, 0.2) is 0 Å². The topological polar surface area (TPSA) is 24.1 Å². The molecule has 1 saturated heterocycles. The Morgan fingerprint density at radius 1 is 1.67 bits per heavy atom. The van der Waals surface area contributed by atoms with Gasteiger partial charge in [0.25, 0.3) is 0 Å². The minimum Gasteiger partial charge on any atom is -0.319 e. The van der Waals surface area contributed by atoms with Crippen LogP contribution in [0.2, 0.25) is 0 Å². The van der Waals surface area contributed by atoms with E-state index in [1.54, 1.807) is 0 Å². The van der Waals surface area contributed by atoms with Crippen LogP contribution in [-0.4, -0.2) is 26.7 Å². The van der Waals surface area contributed by atoms with Gasteiger partial charge in [-0.25, -0.2) is 0 Å². The molecule has 52 valence electrons. The molecule has 0 aromatic rings. The van der Waals surface area contributed by atoms with E-state index in [0.717, 1.165) is 11.3 Å². The van der Waals surface area contributed by atoms with Crippen LogP contribution in [0.25, 0.3) is 0 Å². The highest BCUT2D eigenvalue weighted by molar-refractivity contribution is 5.11. The molecule has 1 heterocycles. The van der Waals surface area contributed by atoms with E-state index in [-0.39, 0.29) is 0 Å². The van der Waals surface area contributed by atoms with Crippen molar-refractivity contribution in [3.8, 4) is 0 Å². The first-order valence-corrected chi connectivity index (χ1v) is 3.73. The maximum Gasteiger partial charge on any atom is 0.00235 e. The van der Waals surface area contributed by atoms with Gasteiger partial charge >= 0.3 is 0 Å². The molecule has 0 radical (unpaired) electrons. The summed E-state index contributed by atoms with van der Waals surface area (Å²) >= 11 is 0. The third-order valence-electron chi connectivity index (χ3n) is 2.76. The second kappa shape index (κ2) is 1.70. The molecule has 2 fully saturated rings. The van der Waals surface area contributed by atoms with Gasteiger partial charge in [0.05, 0.1) is 0 Å². The normalized spacial score (nSPS) is 36.3. The van der Waals surface area contributed by atoms with Gasteiger partial charge in [0.2, 0.25) is 0 Å². The summed E-state index contributed by atoms with van der Waals surface area (Å²) in [6, 6.07) is 0. The van der Waals surface area contributed by atoms with Crippen molar-refractivity contribution in [2.75, 3.05) is 26.7 Å². The van der Waals surface area contributed by atoms with Gasteiger partial charge in [-0.1, -0.05) is 0 Å². The van der Waals surface area contributed by atoms with E-state index in [1.165, 1.54) is 26.1 Å². The first-order chi connectivity index (χ1) is 4.37. The molecule has 1 aliphatic heterocycles. The lowest BCUT2D eigenvalue weighted by molar-refractivity contribution is 0.291. The van der Waals surface area contributed by atoms with Crippen molar-refractivity contribution in [2.24, 2.45) is 11.3 Å². The van der Waals surface area contributed by atoms with E-state index in [0.29, 0.717) is 0 Å². The van der Waals surface area contributed by atoms with Gasteiger partial charge in [0.1, 0.15) is 0 Å². The van der Waals surface area contributed by atoms with E-state index in [1.807, 2.05) is 7.05 Å². The summed E-state index contributed by atoms with van der Waals surface area (Å²) < 4.78 is 0. The molecule has 9 heavy (non-hydrogen) atoms. The summed E-state index contributed by atoms with van der Waals surface area (Å²) in [5.41, 5.74) is 0.767. The number of hydrogen-bond donors (Lipinski definition) is 2. The van der Waals surface area contributed by atoms with Crippen molar-refractivity contribution in [1.82, 2.24) is 10.6 Å². The van der Waals surface area contributed by atoms with Crippen molar-refractivity contribution < 1.29 is 0 Å². The number of hydrogen-bond acceptors (Lipinski definition) is 2. The van der Waals surface area contributed by atoms with E-state index in [4.69, 9.17) is 0 Å². The molecular formula is C7H14N2. The van der Waals surface area contributed by atoms with E-state index >= 15 is 0 Å². The Kier molecular flexibility index (Phi) is 1.08. The van der Waals surface area contributed by atoms with E-state index < -0.39 is 0 Å². The highest BCUT2D eigenvalue weighted by Crippen LogP contribution is 2.54. The minimum atomic E-state index is 0.767. The van der Waals surface area contributed by atoms with Gasteiger partial charge in [-0.2, -0.15) is 0 Å². The molecule has 2 aliphatic rings. The van der Waals surface area contributed by atoms with Crippen LogP contribution in [0.4, 0.5) is 0 Å². The van der Waals surface area contributed by atoms with Crippen LogP contribution in [0.3, 0.4) is 0 Å². The minimum absolute atomic E-state index is 0.767. The number of nitrogens with one attached hydrogen (secondary N) is 2. The highest BCUT2D eigenvalue weighted by Gasteiger charge is 2.56. The average molecular weight is 126 g/mol. The molecule has 2 N–H and O–H groups in total. The average Bonchev–Trinajstić information content (AvgIpc) is 2.41. The maximum atomic E-state index is 3.32. The predicted molar refractivity (Wildman–Crippen MR) is 37.3 cm³/mol. The van der Waals surface area contributed by atoms with Gasteiger partial charge < -0.3 is 10.6 Å². The molecule has 0 aromatic carbocycles. The van der Waals surface area contributed by atoms with Gasteiger partial charge in [-0.05, 0) is 31.3 Å². The van der Waals surface area contributed by atoms with Crippen LogP contribution in [0.15, 0.2) is 0 Å². The second-order valence-corrected chi connectivity index (χ2v) is 3.42. The Labute approximate surface area is 56.0 Å². The molecule has 1 atom stereocenters. The van der Waals surface area contributed by atoms with E-state index in [2.05, 4.69) is 10.6 Å². The van der Waals surface area contributed by atoms with Crippen LogP contribution in [0.5, 0.6) is 0 Å². The SMILES string of the molecule is CNCC1CC12CNC2. The quantitative estimate of drug-likeness (QED) is 0.536. The molecule has 2 nitrogen and oxygen atoms in total. The largest absolute Gasteiger partial charge is 0.319 e. The van der Waals surface area contributed by atoms with Gasteiger partial charge in [0, 0.05) is 13.1 Å². The zero-order valence-corrected chi connectivity index (χ0v) is 5.91. The Bertz CT molecular complexity index is 116. The summed E-state index contributed by atoms with van der Waals surface area (Å²) in [7, 11) is 2.04. The maximum absolute atomic E-state index is 3.32. The number of rotatable bonds is 2. The van der Waals surface area contributed by atoms with Crippen molar-refractivity contribution in [3.63, 3.8) is 0 Å². The molecule has 0 bridgehead atoms. The lowest BCUT2D eigenvalue weighted by Gasteiger charge is -2.28. The van der Waals surface area contributed by atoms with Crippen LogP contribution in [-0.2, 0) is 0 Å². The van der Waals surface area contributed by atoms with Crippen molar-refractivity contribution in [1.29, 1.82) is 0 Å². The molecule has 2 heteroatoms. The predicted octanol–water partition coefficient (Wildman–Crippen LogP) is -0.185. The Balaban J connectivity index is 1.80. The van der Waals surface area contributed by atoms with Crippen molar-refractivity contribution in [2.45, 2.75) is 6.42 Å². The third-order valence-corrected chi connectivity index (χ3v) is 2.76. The molecule has 0 aromatic heterocycles. The van der Waals surface area contributed by atoms with Gasteiger partial charge in [-0.15, -0.1) is 0 Å². The standard InChI is InChI=1S/C7H14N2/c1-8-3-6-2-7(6)4-9-5-7/h6,8-9H,2-5H2,1H3. The summed E-state index contributed by atoms with van der Waals surface area (Å²) in [6.07, 6.45) is 1.46. The summed E-state index contributed by atoms with van der Waals surface area (Å²) in [5, 5.41) is 6.55. The fourth-order valence-electron chi connectivity index (χ4n) is 1.85. The smallest absolute Gasteiger partial charge is 0.00235 e. The molecule has 1 spiro atoms. The first kappa shape index (κ1) is 5.69. The lowest BCUT2D eigenvalue weighted by atomic mass is 9.97. The molecule has 1 saturated carbocycles. The molecular weight excluding hydrogens is 112 g/mol. The fraction of sp³-hybridized carbons (Fsp3) is 1.00. The zero-order chi connectivity index (χ0) is 6.32. The summed E-state index contributed by atoms with van der Waals surface area (Å²) in [6.45, 7) is 3.78. The summed E-state index contributed by atoms with van der Waals surface area (Å²) in [5.74, 6) is 0.990. The van der Waals surface area contributed by atoms with E-state index in [9.17, 15) is 0 Å². The van der Waals surface area contributed by atoms with Crippen LogP contribution >= 0.6 is 0 Å². The monoisotopic (exact) mass is 126 g/mol. The summed E-state index contributed by atoms with van der Waals surface area (Å²) in [4.78, 5) is 0. The van der Waals surface area contributed by atoms with Crippen LogP contribution in [0.1, 0.15) is 6.42 Å².